The molecule has 0 amide bonds. The van der Waals surface area contributed by atoms with E-state index in [1.807, 2.05) is 32.0 Å². The minimum absolute atomic E-state index is 0.186. The van der Waals surface area contributed by atoms with Gasteiger partial charge in [-0.3, -0.25) is 0 Å². The van der Waals surface area contributed by atoms with Crippen molar-refractivity contribution >= 4 is 0 Å². The first-order valence-electron chi connectivity index (χ1n) is 6.94. The lowest BCUT2D eigenvalue weighted by Crippen LogP contribution is -2.40. The van der Waals surface area contributed by atoms with Gasteiger partial charge in [-0.05, 0) is 19.4 Å². The Bertz CT molecular complexity index is 567. The number of benzene rings is 1. The first kappa shape index (κ1) is 12.5. The van der Waals surface area contributed by atoms with Crippen LogP contribution in [0.5, 0.6) is 0 Å². The van der Waals surface area contributed by atoms with E-state index in [4.69, 9.17) is 18.9 Å². The highest BCUT2D eigenvalue weighted by atomic mass is 16.8. The molecule has 2 fully saturated rings. The average Bonchev–Trinajstić information content (AvgIpc) is 3.03. The van der Waals surface area contributed by atoms with Gasteiger partial charge in [-0.2, -0.15) is 0 Å². The minimum atomic E-state index is -0.867. The second-order valence-corrected chi connectivity index (χ2v) is 5.95. The van der Waals surface area contributed by atoms with Crippen LogP contribution < -0.4 is 0 Å². The molecule has 2 saturated heterocycles. The summed E-state index contributed by atoms with van der Waals surface area (Å²) in [5, 5.41) is 0. The predicted molar refractivity (Wildman–Crippen MR) is 71.8 cm³/mol. The molecule has 0 aromatic heterocycles. The Hall–Kier alpha value is -1.20. The standard InChI is InChI=1S/C16H18O4/c1-4-12-13-14(20-15(2,3)19-13)16(18-12)11-8-6-5-7-10(11)9-17-16/h4-8,12-14H,1,9H2,2-3H3/t12-,13-,14-,16+/m1/s1. The van der Waals surface area contributed by atoms with Crippen molar-refractivity contribution in [3.63, 3.8) is 0 Å². The number of hydrogen-bond donors (Lipinski definition) is 0. The Labute approximate surface area is 118 Å². The lowest BCUT2D eigenvalue weighted by molar-refractivity contribution is -0.290. The van der Waals surface area contributed by atoms with Gasteiger partial charge in [0.25, 0.3) is 0 Å². The maximum absolute atomic E-state index is 6.16. The summed E-state index contributed by atoms with van der Waals surface area (Å²) < 4.78 is 24.3. The monoisotopic (exact) mass is 274 g/mol. The third-order valence-electron chi connectivity index (χ3n) is 4.21. The Morgan fingerprint density at radius 1 is 1.20 bits per heavy atom. The molecule has 20 heavy (non-hydrogen) atoms. The van der Waals surface area contributed by atoms with E-state index in [2.05, 4.69) is 12.6 Å². The molecule has 1 aromatic rings. The molecule has 3 aliphatic heterocycles. The largest absolute Gasteiger partial charge is 0.341 e. The molecule has 4 rings (SSSR count). The van der Waals surface area contributed by atoms with Gasteiger partial charge in [0.05, 0.1) is 6.61 Å². The van der Waals surface area contributed by atoms with Crippen LogP contribution in [0.1, 0.15) is 25.0 Å². The van der Waals surface area contributed by atoms with Gasteiger partial charge in [0.15, 0.2) is 5.79 Å². The van der Waals surface area contributed by atoms with Crippen LogP contribution in [-0.4, -0.2) is 24.1 Å². The first-order valence-corrected chi connectivity index (χ1v) is 6.94. The summed E-state index contributed by atoms with van der Waals surface area (Å²) in [7, 11) is 0. The quantitative estimate of drug-likeness (QED) is 0.737. The molecule has 0 saturated carbocycles. The first-order chi connectivity index (χ1) is 9.56. The van der Waals surface area contributed by atoms with Crippen LogP contribution in [0.4, 0.5) is 0 Å². The van der Waals surface area contributed by atoms with Gasteiger partial charge in [-0.25, -0.2) is 0 Å². The van der Waals surface area contributed by atoms with E-state index in [-0.39, 0.29) is 18.3 Å². The van der Waals surface area contributed by atoms with Crippen molar-refractivity contribution in [2.24, 2.45) is 0 Å². The minimum Gasteiger partial charge on any atom is -0.341 e. The Kier molecular flexibility index (Phi) is 2.46. The zero-order chi connectivity index (χ0) is 14.0. The van der Waals surface area contributed by atoms with Crippen LogP contribution >= 0.6 is 0 Å². The second kappa shape index (κ2) is 3.92. The fraction of sp³-hybridized carbons (Fsp3) is 0.500. The SMILES string of the molecule is C=C[C@H]1O[C@]2(OCc3ccccc32)[C@@H]2OC(C)(C)O[C@@H]21. The van der Waals surface area contributed by atoms with Gasteiger partial charge in [0, 0.05) is 5.56 Å². The molecular weight excluding hydrogens is 256 g/mol. The molecule has 3 heterocycles. The maximum atomic E-state index is 6.16. The van der Waals surface area contributed by atoms with Gasteiger partial charge in [0.2, 0.25) is 5.79 Å². The fourth-order valence-electron chi connectivity index (χ4n) is 3.42. The van der Waals surface area contributed by atoms with Crippen LogP contribution in [0.2, 0.25) is 0 Å². The number of fused-ring (bicyclic) bond motifs is 4. The highest BCUT2D eigenvalue weighted by Crippen LogP contribution is 2.53. The van der Waals surface area contributed by atoms with E-state index in [0.29, 0.717) is 6.61 Å². The highest BCUT2D eigenvalue weighted by molar-refractivity contribution is 5.37. The van der Waals surface area contributed by atoms with Gasteiger partial charge < -0.3 is 18.9 Å². The van der Waals surface area contributed by atoms with E-state index in [0.717, 1.165) is 11.1 Å². The summed E-state index contributed by atoms with van der Waals surface area (Å²) in [4.78, 5) is 0. The molecule has 3 aliphatic rings. The van der Waals surface area contributed by atoms with Crippen molar-refractivity contribution in [1.82, 2.24) is 0 Å². The lowest BCUT2D eigenvalue weighted by Gasteiger charge is -2.30. The summed E-state index contributed by atoms with van der Waals surface area (Å²) in [5.74, 6) is -1.50. The molecule has 1 aromatic carbocycles. The lowest BCUT2D eigenvalue weighted by atomic mass is 9.96. The molecule has 106 valence electrons. The van der Waals surface area contributed by atoms with Gasteiger partial charge in [-0.1, -0.05) is 30.3 Å². The summed E-state index contributed by atoms with van der Waals surface area (Å²) in [6.45, 7) is 8.21. The molecule has 4 atom stereocenters. The highest BCUT2D eigenvalue weighted by Gasteiger charge is 2.65. The van der Waals surface area contributed by atoms with Crippen LogP contribution in [0.25, 0.3) is 0 Å². The van der Waals surface area contributed by atoms with E-state index in [9.17, 15) is 0 Å². The summed E-state index contributed by atoms with van der Waals surface area (Å²) >= 11 is 0. The predicted octanol–water partition coefficient (Wildman–Crippen LogP) is 2.47. The average molecular weight is 274 g/mol. The smallest absolute Gasteiger partial charge is 0.226 e. The third kappa shape index (κ3) is 1.50. The van der Waals surface area contributed by atoms with Gasteiger partial charge >= 0.3 is 0 Å². The Morgan fingerprint density at radius 3 is 2.80 bits per heavy atom. The van der Waals surface area contributed by atoms with Crippen molar-refractivity contribution in [1.29, 1.82) is 0 Å². The normalized spacial score (nSPS) is 40.8. The second-order valence-electron chi connectivity index (χ2n) is 5.95. The number of ether oxygens (including phenoxy) is 4. The van der Waals surface area contributed by atoms with Crippen LogP contribution in [0, 0.1) is 0 Å². The van der Waals surface area contributed by atoms with Gasteiger partial charge in [-0.15, -0.1) is 6.58 Å². The van der Waals surface area contributed by atoms with E-state index in [1.54, 1.807) is 6.08 Å². The van der Waals surface area contributed by atoms with Crippen molar-refractivity contribution in [3.05, 3.63) is 48.0 Å². The molecule has 4 heteroatoms. The zero-order valence-corrected chi connectivity index (χ0v) is 11.7. The van der Waals surface area contributed by atoms with Crippen LogP contribution in [0.15, 0.2) is 36.9 Å². The topological polar surface area (TPSA) is 36.9 Å². The Morgan fingerprint density at radius 2 is 2.00 bits per heavy atom. The van der Waals surface area contributed by atoms with Crippen molar-refractivity contribution in [2.45, 2.75) is 50.3 Å². The fourth-order valence-corrected chi connectivity index (χ4v) is 3.42. The Balaban J connectivity index is 1.82. The van der Waals surface area contributed by atoms with Crippen LogP contribution in [0.3, 0.4) is 0 Å². The van der Waals surface area contributed by atoms with Crippen molar-refractivity contribution in [2.75, 3.05) is 0 Å². The van der Waals surface area contributed by atoms with E-state index >= 15 is 0 Å². The summed E-state index contributed by atoms with van der Waals surface area (Å²) in [5.41, 5.74) is 2.19. The molecule has 4 nitrogen and oxygen atoms in total. The third-order valence-corrected chi connectivity index (χ3v) is 4.21. The molecule has 0 N–H and O–H groups in total. The molecule has 0 aliphatic carbocycles. The zero-order valence-electron chi connectivity index (χ0n) is 11.7. The van der Waals surface area contributed by atoms with E-state index in [1.165, 1.54) is 0 Å². The molecule has 1 spiro atoms. The van der Waals surface area contributed by atoms with Crippen LogP contribution in [-0.2, 0) is 31.3 Å². The molecule has 0 unspecified atom stereocenters. The maximum Gasteiger partial charge on any atom is 0.226 e. The summed E-state index contributed by atoms with van der Waals surface area (Å²) in [6.07, 6.45) is 1.08. The number of rotatable bonds is 1. The number of hydrogen-bond acceptors (Lipinski definition) is 4. The van der Waals surface area contributed by atoms with Gasteiger partial charge in [0.1, 0.15) is 18.3 Å². The summed E-state index contributed by atoms with van der Waals surface area (Å²) in [6, 6.07) is 8.11. The van der Waals surface area contributed by atoms with Crippen molar-refractivity contribution in [3.8, 4) is 0 Å². The molecular formula is C16H18O4. The van der Waals surface area contributed by atoms with E-state index < -0.39 is 11.6 Å². The molecule has 0 bridgehead atoms. The van der Waals surface area contributed by atoms with Crippen molar-refractivity contribution < 1.29 is 18.9 Å². The molecule has 0 radical (unpaired) electrons.